The first-order valence-corrected chi connectivity index (χ1v) is 21.9. The van der Waals surface area contributed by atoms with Crippen molar-refractivity contribution in [3.8, 4) is 11.5 Å². The number of carbonyl (C=O) groups is 3. The fourth-order valence-electron chi connectivity index (χ4n) is 9.00. The number of carbonyl (C=O) groups excluding carboxylic acids is 2. The van der Waals surface area contributed by atoms with Crippen LogP contribution in [0.3, 0.4) is 0 Å². The van der Waals surface area contributed by atoms with Crippen molar-refractivity contribution in [3.63, 3.8) is 0 Å². The van der Waals surface area contributed by atoms with Crippen LogP contribution in [-0.4, -0.2) is 83.4 Å². The Labute approximate surface area is 384 Å². The number of hydrogen-bond acceptors (Lipinski definition) is 12. The first-order chi connectivity index (χ1) is 32.6. The molecule has 2 fully saturated rings. The first kappa shape index (κ1) is 44.9. The largest absolute Gasteiger partial charge is 0.481 e. The summed E-state index contributed by atoms with van der Waals surface area (Å²) in [6, 6.07) is 40.8. The number of hydrogen-bond donors (Lipinski definition) is 2. The second-order valence-corrected chi connectivity index (χ2v) is 16.3. The molecule has 0 aliphatic carbocycles. The Balaban J connectivity index is 1.16. The van der Waals surface area contributed by atoms with Crippen molar-refractivity contribution in [1.29, 1.82) is 0 Å². The van der Waals surface area contributed by atoms with E-state index in [4.69, 9.17) is 28.4 Å². The number of carboxylic acid groups (broad SMARTS) is 1. The van der Waals surface area contributed by atoms with Crippen molar-refractivity contribution in [3.05, 3.63) is 184 Å². The van der Waals surface area contributed by atoms with Crippen LogP contribution in [0.4, 0.5) is 15.9 Å². The van der Waals surface area contributed by atoms with Gasteiger partial charge in [-0.1, -0.05) is 97.1 Å². The maximum atomic E-state index is 15.1. The van der Waals surface area contributed by atoms with Gasteiger partial charge in [0, 0.05) is 55.9 Å². The van der Waals surface area contributed by atoms with E-state index >= 15 is 4.39 Å². The molecule has 3 aliphatic heterocycles. The maximum Gasteiger partial charge on any atom is 0.351 e. The summed E-state index contributed by atoms with van der Waals surface area (Å²) in [6.07, 6.45) is -3.93. The zero-order valence-electron chi connectivity index (χ0n) is 36.4. The summed E-state index contributed by atoms with van der Waals surface area (Å²) in [7, 11) is 1.51. The molecule has 0 spiro atoms. The molecule has 1 amide bonds. The Hall–Kier alpha value is -7.24. The molecule has 344 valence electrons. The van der Waals surface area contributed by atoms with Crippen LogP contribution in [0.2, 0.25) is 0 Å². The molecule has 0 radical (unpaired) electrons. The summed E-state index contributed by atoms with van der Waals surface area (Å²) < 4.78 is 56.5. The second kappa shape index (κ2) is 19.3. The summed E-state index contributed by atoms with van der Waals surface area (Å²) in [6.45, 7) is 0.206. The zero-order valence-corrected chi connectivity index (χ0v) is 36.4. The minimum absolute atomic E-state index is 0.0189. The number of rotatable bonds is 15. The lowest BCUT2D eigenvalue weighted by Gasteiger charge is -2.46. The fourth-order valence-corrected chi connectivity index (χ4v) is 9.00. The molecule has 67 heavy (non-hydrogen) atoms. The van der Waals surface area contributed by atoms with E-state index in [1.54, 1.807) is 48.5 Å². The topological polar surface area (TPSA) is 177 Å². The van der Waals surface area contributed by atoms with Gasteiger partial charge in [-0.3, -0.25) is 19.0 Å². The molecule has 2 saturated heterocycles. The zero-order chi connectivity index (χ0) is 46.5. The van der Waals surface area contributed by atoms with Gasteiger partial charge in [-0.2, -0.15) is 4.98 Å². The molecule has 9 rings (SSSR count). The van der Waals surface area contributed by atoms with Gasteiger partial charge in [0.2, 0.25) is 0 Å². The van der Waals surface area contributed by atoms with E-state index in [-0.39, 0.29) is 24.5 Å². The lowest BCUT2D eigenvalue weighted by molar-refractivity contribution is -0.282. The minimum atomic E-state index is -1.45. The van der Waals surface area contributed by atoms with E-state index in [0.717, 1.165) is 0 Å². The molecule has 4 heterocycles. The summed E-state index contributed by atoms with van der Waals surface area (Å²) in [4.78, 5) is 58.1. The quantitative estimate of drug-likeness (QED) is 0.0768. The summed E-state index contributed by atoms with van der Waals surface area (Å²) in [5, 5.41) is 12.0. The van der Waals surface area contributed by atoms with E-state index in [1.807, 2.05) is 83.8 Å². The van der Waals surface area contributed by atoms with Gasteiger partial charge in [0.15, 0.2) is 17.6 Å². The number of nitrogens with zero attached hydrogens (tertiary/aromatic N) is 3. The third kappa shape index (κ3) is 9.16. The lowest BCUT2D eigenvalue weighted by Crippen LogP contribution is -2.54. The molecule has 4 atom stereocenters. The Kier molecular flexibility index (Phi) is 13.0. The highest BCUT2D eigenvalue weighted by molar-refractivity contribution is 6.03. The second-order valence-electron chi connectivity index (χ2n) is 16.3. The van der Waals surface area contributed by atoms with Crippen molar-refractivity contribution in [2.75, 3.05) is 37.0 Å². The number of halogens is 1. The van der Waals surface area contributed by atoms with Gasteiger partial charge in [-0.15, -0.1) is 0 Å². The molecule has 16 heteroatoms. The number of anilines is 2. The molecule has 5 aromatic carbocycles. The SMILES string of the molecule is COC1(O[C@@H]2[C@H](OC3(c4ccccc4)c4ccccc4Oc4ccccc43)[C@@H](COC(=O)CCC(=O)O)O[C@H]2n2ccc(NC(=O)c3ccccc3)nc2=O)CCN(c2ccccc2F)CC1. The summed E-state index contributed by atoms with van der Waals surface area (Å²) in [5.41, 5.74) is 0.492. The predicted octanol–water partition coefficient (Wildman–Crippen LogP) is 7.45. The predicted molar refractivity (Wildman–Crippen MR) is 241 cm³/mol. The van der Waals surface area contributed by atoms with Crippen molar-refractivity contribution < 1.29 is 52.3 Å². The number of benzene rings is 5. The van der Waals surface area contributed by atoms with Gasteiger partial charge in [0.05, 0.1) is 18.5 Å². The van der Waals surface area contributed by atoms with E-state index < -0.39 is 78.9 Å². The minimum Gasteiger partial charge on any atom is -0.481 e. The maximum absolute atomic E-state index is 15.1. The van der Waals surface area contributed by atoms with Crippen LogP contribution in [-0.2, 0) is 38.9 Å². The standard InChI is InChI=1S/C51H47FN4O11/c1-62-50(27-30-55(31-28-50)38-21-11-10-20-37(38)52)66-46-45(67-51(34-16-6-3-7-17-34)35-18-8-12-22-39(35)64-40-23-13-9-19-36(40)51)41(32-63-44(59)25-24-43(57)58)65-48(46)56-29-26-42(54-49(56)61)53-47(60)33-14-4-2-5-15-33/h2-23,26,29,41,45-46,48H,24-25,27-28,30-32H2,1H3,(H,57,58)(H,53,54,60,61)/t41-,45-,46-,48-/m1/s1. The van der Waals surface area contributed by atoms with E-state index in [1.165, 1.54) is 30.0 Å². The molecule has 1 aromatic heterocycles. The van der Waals surface area contributed by atoms with Crippen LogP contribution in [0.25, 0.3) is 0 Å². The molecule has 15 nitrogen and oxygen atoms in total. The number of nitrogens with one attached hydrogen (secondary N) is 1. The van der Waals surface area contributed by atoms with E-state index in [2.05, 4.69) is 10.3 Å². The normalized spacial score (nSPS) is 20.2. The number of amides is 1. The third-order valence-corrected chi connectivity index (χ3v) is 12.3. The van der Waals surface area contributed by atoms with Crippen molar-refractivity contribution in [2.24, 2.45) is 0 Å². The number of carboxylic acids is 1. The van der Waals surface area contributed by atoms with Crippen molar-refractivity contribution >= 4 is 29.4 Å². The number of piperidine rings is 1. The molecular weight excluding hydrogens is 864 g/mol. The number of methoxy groups -OCH3 is 1. The van der Waals surface area contributed by atoms with Crippen LogP contribution >= 0.6 is 0 Å². The van der Waals surface area contributed by atoms with Crippen LogP contribution in [0.1, 0.15) is 59.0 Å². The highest BCUT2D eigenvalue weighted by Gasteiger charge is 2.57. The smallest absolute Gasteiger partial charge is 0.351 e. The van der Waals surface area contributed by atoms with Crippen LogP contribution in [0, 0.1) is 5.82 Å². The average Bonchev–Trinajstić information content (AvgIpc) is 3.68. The van der Waals surface area contributed by atoms with Crippen molar-refractivity contribution in [2.45, 2.75) is 61.6 Å². The Morgan fingerprint density at radius 1 is 0.791 bits per heavy atom. The number of ether oxygens (including phenoxy) is 6. The number of para-hydroxylation sites is 3. The van der Waals surface area contributed by atoms with Crippen LogP contribution in [0.5, 0.6) is 11.5 Å². The molecule has 3 aliphatic rings. The molecule has 0 saturated carbocycles. The van der Waals surface area contributed by atoms with Gasteiger partial charge in [0.25, 0.3) is 5.91 Å². The van der Waals surface area contributed by atoms with Gasteiger partial charge in [-0.25, -0.2) is 9.18 Å². The van der Waals surface area contributed by atoms with Gasteiger partial charge in [-0.05, 0) is 48.0 Å². The summed E-state index contributed by atoms with van der Waals surface area (Å²) in [5.74, 6) is -3.17. The summed E-state index contributed by atoms with van der Waals surface area (Å²) >= 11 is 0. The Morgan fingerprint density at radius 3 is 2.06 bits per heavy atom. The number of esters is 1. The highest BCUT2D eigenvalue weighted by atomic mass is 19.1. The van der Waals surface area contributed by atoms with Crippen LogP contribution in [0.15, 0.2) is 151 Å². The Bertz CT molecular complexity index is 2760. The Morgan fingerprint density at radius 2 is 1.42 bits per heavy atom. The number of aromatic nitrogens is 2. The molecule has 0 bridgehead atoms. The molecule has 2 N–H and O–H groups in total. The highest BCUT2D eigenvalue weighted by Crippen LogP contribution is 2.54. The lowest BCUT2D eigenvalue weighted by atomic mass is 9.77. The molecular formula is C51H47FN4O11. The molecule has 0 unspecified atom stereocenters. The third-order valence-electron chi connectivity index (χ3n) is 12.3. The van der Waals surface area contributed by atoms with Gasteiger partial charge < -0.3 is 43.7 Å². The number of aliphatic carboxylic acids is 1. The van der Waals surface area contributed by atoms with E-state index in [0.29, 0.717) is 52.5 Å². The first-order valence-electron chi connectivity index (χ1n) is 21.9. The number of fused-ring (bicyclic) bond motifs is 2. The fraction of sp³-hybridized carbons (Fsp3) is 0.275. The van der Waals surface area contributed by atoms with Crippen molar-refractivity contribution in [1.82, 2.24) is 9.55 Å². The van der Waals surface area contributed by atoms with Gasteiger partial charge in [0.1, 0.15) is 48.1 Å². The monoisotopic (exact) mass is 910 g/mol. The van der Waals surface area contributed by atoms with E-state index in [9.17, 15) is 24.3 Å². The average molecular weight is 911 g/mol. The van der Waals surface area contributed by atoms with Crippen LogP contribution < -0.4 is 20.6 Å². The molecule has 6 aromatic rings. The van der Waals surface area contributed by atoms with Gasteiger partial charge >= 0.3 is 17.6 Å².